The molecule has 9 atom stereocenters. The Balaban J connectivity index is 1.47. The molecule has 4 rings (SSSR count). The molecular formula is C21H32F3N3O. The molecule has 2 bridgehead atoms. The van der Waals surface area contributed by atoms with Crippen molar-refractivity contribution in [2.45, 2.75) is 94.8 Å². The highest BCUT2D eigenvalue weighted by Gasteiger charge is 2.48. The molecule has 2 saturated carbocycles. The Morgan fingerprint density at radius 3 is 2.54 bits per heavy atom. The number of hydrogen-bond donors (Lipinski definition) is 1. The van der Waals surface area contributed by atoms with E-state index in [-0.39, 0.29) is 23.8 Å². The van der Waals surface area contributed by atoms with Gasteiger partial charge in [0.15, 0.2) is 0 Å². The van der Waals surface area contributed by atoms with Gasteiger partial charge in [-0.2, -0.15) is 14.0 Å². The van der Waals surface area contributed by atoms with E-state index in [4.69, 9.17) is 15.7 Å². The standard InChI is InChI=1S/C21H32F3N3O/c22-17-8-12(4-5-13(17)10-25)16-3-1-2-14(20(16)28-21(23)24)11-27-15-6-7-19(27)18(26)9-15/h12-21H,1-9,11,26H2/t12?,13?,14?,15-,16?,17?,18+,19+,20?/m0/s1. The fourth-order valence-corrected chi connectivity index (χ4v) is 6.71. The van der Waals surface area contributed by atoms with Crippen molar-refractivity contribution in [2.24, 2.45) is 29.4 Å². The zero-order valence-corrected chi connectivity index (χ0v) is 16.4. The lowest BCUT2D eigenvalue weighted by atomic mass is 9.66. The third-order valence-electron chi connectivity index (χ3n) is 8.02. The van der Waals surface area contributed by atoms with Gasteiger partial charge < -0.3 is 10.5 Å². The van der Waals surface area contributed by atoms with Crippen LogP contribution in [0.15, 0.2) is 0 Å². The van der Waals surface area contributed by atoms with Crippen LogP contribution in [0.2, 0.25) is 0 Å². The molecule has 6 unspecified atom stereocenters. The van der Waals surface area contributed by atoms with Crippen LogP contribution in [0.4, 0.5) is 13.2 Å². The zero-order valence-electron chi connectivity index (χ0n) is 16.4. The van der Waals surface area contributed by atoms with Crippen molar-refractivity contribution in [3.63, 3.8) is 0 Å². The van der Waals surface area contributed by atoms with Crippen LogP contribution in [0.25, 0.3) is 0 Å². The molecule has 0 aromatic rings. The number of halogens is 3. The van der Waals surface area contributed by atoms with Gasteiger partial charge in [-0.15, -0.1) is 0 Å². The molecule has 4 aliphatic rings. The summed E-state index contributed by atoms with van der Waals surface area (Å²) in [6.07, 6.45) is 5.81. The summed E-state index contributed by atoms with van der Waals surface area (Å²) in [7, 11) is 0. The fourth-order valence-electron chi connectivity index (χ4n) is 6.71. The van der Waals surface area contributed by atoms with E-state index in [0.717, 1.165) is 51.5 Å². The van der Waals surface area contributed by atoms with Crippen LogP contribution >= 0.6 is 0 Å². The molecule has 2 N–H and O–H groups in total. The molecule has 4 fully saturated rings. The van der Waals surface area contributed by atoms with Gasteiger partial charge >= 0.3 is 6.61 Å². The highest BCUT2D eigenvalue weighted by Crippen LogP contribution is 2.46. The molecular weight excluding hydrogens is 367 g/mol. The second-order valence-electron chi connectivity index (χ2n) is 9.44. The molecule has 0 radical (unpaired) electrons. The van der Waals surface area contributed by atoms with Crippen molar-refractivity contribution in [1.82, 2.24) is 4.90 Å². The van der Waals surface area contributed by atoms with Crippen molar-refractivity contribution in [3.8, 4) is 6.07 Å². The van der Waals surface area contributed by atoms with Gasteiger partial charge in [0, 0.05) is 24.7 Å². The molecule has 4 nitrogen and oxygen atoms in total. The summed E-state index contributed by atoms with van der Waals surface area (Å²) in [5, 5.41) is 9.08. The van der Waals surface area contributed by atoms with Gasteiger partial charge in [0.2, 0.25) is 0 Å². The maximum absolute atomic E-state index is 14.4. The summed E-state index contributed by atoms with van der Waals surface area (Å²) in [6.45, 7) is -2.04. The number of ether oxygens (including phenoxy) is 1. The van der Waals surface area contributed by atoms with Crippen LogP contribution in [0, 0.1) is 35.0 Å². The van der Waals surface area contributed by atoms with Crippen LogP contribution in [0.5, 0.6) is 0 Å². The van der Waals surface area contributed by atoms with E-state index in [2.05, 4.69) is 11.0 Å². The minimum absolute atomic E-state index is 0.0312. The van der Waals surface area contributed by atoms with Crippen molar-refractivity contribution < 1.29 is 17.9 Å². The molecule has 7 heteroatoms. The number of nitrogens with two attached hydrogens (primary N) is 1. The van der Waals surface area contributed by atoms with Gasteiger partial charge in [0.25, 0.3) is 0 Å². The normalized spacial score (nSPS) is 46.8. The third kappa shape index (κ3) is 3.93. The second-order valence-corrected chi connectivity index (χ2v) is 9.44. The monoisotopic (exact) mass is 399 g/mol. The van der Waals surface area contributed by atoms with E-state index in [0.29, 0.717) is 24.9 Å². The van der Waals surface area contributed by atoms with Crippen molar-refractivity contribution in [1.29, 1.82) is 5.26 Å². The van der Waals surface area contributed by atoms with Crippen LogP contribution < -0.4 is 5.73 Å². The van der Waals surface area contributed by atoms with E-state index in [1.807, 2.05) is 0 Å². The topological polar surface area (TPSA) is 62.3 Å². The van der Waals surface area contributed by atoms with Crippen LogP contribution in [0.3, 0.4) is 0 Å². The molecule has 0 aromatic heterocycles. The molecule has 0 amide bonds. The molecule has 0 spiro atoms. The van der Waals surface area contributed by atoms with Gasteiger partial charge in [-0.1, -0.05) is 6.42 Å². The number of nitriles is 1. The largest absolute Gasteiger partial charge is 0.345 e. The second kappa shape index (κ2) is 8.49. The fraction of sp³-hybridized carbons (Fsp3) is 0.952. The minimum atomic E-state index is -2.80. The lowest BCUT2D eigenvalue weighted by molar-refractivity contribution is -0.208. The number of rotatable bonds is 5. The highest BCUT2D eigenvalue weighted by atomic mass is 19.3. The zero-order chi connectivity index (χ0) is 19.8. The van der Waals surface area contributed by atoms with Gasteiger partial charge in [-0.25, -0.2) is 4.39 Å². The number of hydrogen-bond acceptors (Lipinski definition) is 4. The Kier molecular flexibility index (Phi) is 6.20. The van der Waals surface area contributed by atoms with Crippen molar-refractivity contribution >= 4 is 0 Å². The molecule has 2 aliphatic heterocycles. The lowest BCUT2D eigenvalue weighted by Crippen LogP contribution is -2.48. The predicted octanol–water partition coefficient (Wildman–Crippen LogP) is 3.85. The van der Waals surface area contributed by atoms with Gasteiger partial charge in [-0.05, 0) is 69.1 Å². The highest BCUT2D eigenvalue weighted by molar-refractivity contribution is 5.04. The summed E-state index contributed by atoms with van der Waals surface area (Å²) in [4.78, 5) is 2.45. The first-order chi connectivity index (χ1) is 13.5. The maximum atomic E-state index is 14.4. The summed E-state index contributed by atoms with van der Waals surface area (Å²) >= 11 is 0. The molecule has 158 valence electrons. The third-order valence-corrected chi connectivity index (χ3v) is 8.02. The van der Waals surface area contributed by atoms with Gasteiger partial charge in [0.1, 0.15) is 6.17 Å². The summed E-state index contributed by atoms with van der Waals surface area (Å²) in [5.74, 6) is -0.511. The Morgan fingerprint density at radius 2 is 1.93 bits per heavy atom. The SMILES string of the molecule is N#CC1CCC(C2CCCC(CN3[C@H]4CC[C@@H]3[C@H](N)C4)C2OC(F)F)CC1F. The summed E-state index contributed by atoms with van der Waals surface area (Å²) < 4.78 is 46.2. The quantitative estimate of drug-likeness (QED) is 0.763. The molecule has 2 heterocycles. The van der Waals surface area contributed by atoms with E-state index in [1.54, 1.807) is 0 Å². The first kappa shape index (κ1) is 20.4. The molecule has 28 heavy (non-hydrogen) atoms. The van der Waals surface area contributed by atoms with Crippen LogP contribution in [-0.2, 0) is 4.74 Å². The van der Waals surface area contributed by atoms with Crippen LogP contribution in [-0.4, -0.2) is 48.5 Å². The first-order valence-corrected chi connectivity index (χ1v) is 11.0. The smallest absolute Gasteiger partial charge is 0.326 e. The maximum Gasteiger partial charge on any atom is 0.345 e. The Labute approximate surface area is 165 Å². The minimum Gasteiger partial charge on any atom is -0.326 e. The van der Waals surface area contributed by atoms with E-state index in [1.165, 1.54) is 0 Å². The number of fused-ring (bicyclic) bond motifs is 2. The summed E-state index contributed by atoms with van der Waals surface area (Å²) in [5.41, 5.74) is 6.26. The van der Waals surface area contributed by atoms with Gasteiger partial charge in [0.05, 0.1) is 18.1 Å². The first-order valence-electron chi connectivity index (χ1n) is 11.0. The van der Waals surface area contributed by atoms with E-state index >= 15 is 0 Å². The van der Waals surface area contributed by atoms with Crippen molar-refractivity contribution in [3.05, 3.63) is 0 Å². The molecule has 2 aliphatic carbocycles. The van der Waals surface area contributed by atoms with E-state index < -0.39 is 24.8 Å². The predicted molar refractivity (Wildman–Crippen MR) is 99.2 cm³/mol. The van der Waals surface area contributed by atoms with Gasteiger partial charge in [-0.3, -0.25) is 4.90 Å². The number of nitrogens with zero attached hydrogens (tertiary/aromatic N) is 2. The molecule has 2 saturated heterocycles. The average molecular weight is 400 g/mol. The van der Waals surface area contributed by atoms with E-state index in [9.17, 15) is 13.2 Å². The Bertz CT molecular complexity index is 586. The Morgan fingerprint density at radius 1 is 1.11 bits per heavy atom. The lowest BCUT2D eigenvalue weighted by Gasteiger charge is -2.45. The summed E-state index contributed by atoms with van der Waals surface area (Å²) in [6, 6.07) is 3.10. The number of alkyl halides is 3. The molecule has 0 aromatic carbocycles. The van der Waals surface area contributed by atoms with Crippen LogP contribution in [0.1, 0.15) is 57.8 Å². The average Bonchev–Trinajstić information content (AvgIpc) is 3.18. The van der Waals surface area contributed by atoms with Crippen molar-refractivity contribution in [2.75, 3.05) is 6.54 Å². The Hall–Kier alpha value is -0.840.